The van der Waals surface area contributed by atoms with E-state index in [4.69, 9.17) is 0 Å². The number of nitrogens with one attached hydrogen (secondary N) is 2. The normalized spacial score (nSPS) is 14.2. The summed E-state index contributed by atoms with van der Waals surface area (Å²) in [7, 11) is 0. The summed E-state index contributed by atoms with van der Waals surface area (Å²) in [5.74, 6) is 0.468. The van der Waals surface area contributed by atoms with Gasteiger partial charge in [-0.15, -0.1) is 0 Å². The summed E-state index contributed by atoms with van der Waals surface area (Å²) in [6.07, 6.45) is 4.86. The molecule has 0 bridgehead atoms. The van der Waals surface area contributed by atoms with E-state index in [1.54, 1.807) is 12.1 Å². The van der Waals surface area contributed by atoms with Crippen LogP contribution in [-0.4, -0.2) is 20.2 Å². The third-order valence-corrected chi connectivity index (χ3v) is 7.40. The van der Waals surface area contributed by atoms with E-state index in [2.05, 4.69) is 58.5 Å². The Morgan fingerprint density at radius 1 is 0.529 bits per heavy atom. The van der Waals surface area contributed by atoms with Crippen molar-refractivity contribution in [3.63, 3.8) is 0 Å². The Labute approximate surface area is 196 Å². The molecule has 0 atom stereocenters. The van der Waals surface area contributed by atoms with E-state index in [0.717, 1.165) is 50.5 Å². The van der Waals surface area contributed by atoms with Crippen LogP contribution in [0, 0.1) is 0 Å². The van der Waals surface area contributed by atoms with Crippen molar-refractivity contribution in [2.24, 2.45) is 0 Å². The maximum Gasteiger partial charge on any atom is 0.125 e. The van der Waals surface area contributed by atoms with Gasteiger partial charge in [-0.2, -0.15) is 0 Å². The van der Waals surface area contributed by atoms with E-state index in [1.165, 1.54) is 11.1 Å². The highest BCUT2D eigenvalue weighted by Crippen LogP contribution is 2.55. The molecule has 0 spiro atoms. The van der Waals surface area contributed by atoms with Crippen LogP contribution < -0.4 is 0 Å². The lowest BCUT2D eigenvalue weighted by Crippen LogP contribution is -2.35. The maximum atomic E-state index is 11.1. The van der Waals surface area contributed by atoms with Gasteiger partial charge >= 0.3 is 0 Å². The first-order chi connectivity index (χ1) is 16.7. The third kappa shape index (κ3) is 2.32. The van der Waals surface area contributed by atoms with Crippen molar-refractivity contribution in [1.82, 2.24) is 9.97 Å². The maximum absolute atomic E-state index is 11.1. The molecule has 0 saturated carbocycles. The molecule has 0 aliphatic heterocycles. The van der Waals surface area contributed by atoms with Gasteiger partial charge in [0, 0.05) is 45.3 Å². The smallest absolute Gasteiger partial charge is 0.125 e. The molecular weight excluding hydrogens is 420 g/mol. The Hall–Kier alpha value is -4.44. The summed E-state index contributed by atoms with van der Waals surface area (Å²) in [5, 5.41) is 23.7. The molecule has 0 radical (unpaired) electrons. The van der Waals surface area contributed by atoms with Crippen LogP contribution in [0.1, 0.15) is 33.4 Å². The van der Waals surface area contributed by atoms with Gasteiger partial charge in [-0.3, -0.25) is 0 Å². The van der Waals surface area contributed by atoms with Gasteiger partial charge in [0.2, 0.25) is 0 Å². The Balaban J connectivity index is 1.76. The summed E-state index contributed by atoms with van der Waals surface area (Å²) in [5.41, 5.74) is 7.70. The molecule has 2 aromatic heterocycles. The average molecular weight is 443 g/mol. The summed E-state index contributed by atoms with van der Waals surface area (Å²) in [6, 6.07) is 28.2. The van der Waals surface area contributed by atoms with Crippen LogP contribution in [0.4, 0.5) is 0 Å². The number of rotatable bonds is 2. The zero-order chi connectivity index (χ0) is 22.9. The van der Waals surface area contributed by atoms with Crippen LogP contribution in [0.15, 0.2) is 97.3 Å². The van der Waals surface area contributed by atoms with Crippen molar-refractivity contribution in [2.45, 2.75) is 11.8 Å². The largest absolute Gasteiger partial charge is 0.507 e. The van der Waals surface area contributed by atoms with E-state index >= 15 is 0 Å². The van der Waals surface area contributed by atoms with Gasteiger partial charge < -0.3 is 20.2 Å². The number of phenolic OH excluding ortho intramolecular Hbond substituents is 2. The molecule has 1 aliphatic rings. The van der Waals surface area contributed by atoms with Crippen LogP contribution >= 0.6 is 0 Å². The number of hydrogen-bond acceptors (Lipinski definition) is 2. The van der Waals surface area contributed by atoms with Gasteiger partial charge in [0.25, 0.3) is 0 Å². The van der Waals surface area contributed by atoms with Gasteiger partial charge in [0.05, 0.1) is 5.41 Å². The molecule has 0 unspecified atom stereocenters. The molecule has 0 fully saturated rings. The second-order valence-electron chi connectivity index (χ2n) is 9.05. The number of aromatic nitrogens is 2. The van der Waals surface area contributed by atoms with E-state index < -0.39 is 5.41 Å². The molecule has 4 N–H and O–H groups in total. The topological polar surface area (TPSA) is 72.0 Å². The minimum Gasteiger partial charge on any atom is -0.507 e. The summed E-state index contributed by atoms with van der Waals surface area (Å²) < 4.78 is 0. The van der Waals surface area contributed by atoms with Crippen LogP contribution in [0.2, 0.25) is 0 Å². The number of fused-ring (bicyclic) bond motifs is 4. The minimum absolute atomic E-state index is 0.234. The fraction of sp³-hybridized carbons (Fsp3) is 0.0667. The van der Waals surface area contributed by atoms with Crippen molar-refractivity contribution in [1.29, 1.82) is 0 Å². The fourth-order valence-corrected chi connectivity index (χ4v) is 6.08. The highest BCUT2D eigenvalue weighted by atomic mass is 16.3. The number of benzene rings is 4. The molecule has 4 aromatic carbocycles. The molecule has 34 heavy (non-hydrogen) atoms. The van der Waals surface area contributed by atoms with Gasteiger partial charge in [-0.05, 0) is 52.9 Å². The van der Waals surface area contributed by atoms with Gasteiger partial charge in [0.15, 0.2) is 0 Å². The Morgan fingerprint density at radius 3 is 1.50 bits per heavy atom. The lowest BCUT2D eigenvalue weighted by Gasteiger charge is -2.41. The monoisotopic (exact) mass is 442 g/mol. The number of H-pyrrole nitrogens is 2. The third-order valence-electron chi connectivity index (χ3n) is 7.40. The Bertz CT molecular complexity index is 1600. The number of aromatic amines is 2. The molecule has 4 nitrogen and oxygen atoms in total. The lowest BCUT2D eigenvalue weighted by molar-refractivity contribution is 0.480. The van der Waals surface area contributed by atoms with Gasteiger partial charge in [-0.25, -0.2) is 0 Å². The molecule has 7 rings (SSSR count). The number of hydrogen-bond donors (Lipinski definition) is 4. The van der Waals surface area contributed by atoms with Crippen LogP contribution in [0.25, 0.3) is 21.8 Å². The van der Waals surface area contributed by atoms with Crippen molar-refractivity contribution < 1.29 is 10.2 Å². The zero-order valence-corrected chi connectivity index (χ0v) is 18.3. The van der Waals surface area contributed by atoms with Crippen LogP contribution in [0.3, 0.4) is 0 Å². The first-order valence-electron chi connectivity index (χ1n) is 11.5. The first-order valence-corrected chi connectivity index (χ1v) is 11.5. The first kappa shape index (κ1) is 19.1. The second-order valence-corrected chi connectivity index (χ2v) is 9.05. The van der Waals surface area contributed by atoms with E-state index in [0.29, 0.717) is 0 Å². The predicted molar refractivity (Wildman–Crippen MR) is 135 cm³/mol. The average Bonchev–Trinajstić information content (AvgIpc) is 3.49. The van der Waals surface area contributed by atoms with Crippen molar-refractivity contribution in [2.75, 3.05) is 0 Å². The van der Waals surface area contributed by atoms with Crippen molar-refractivity contribution in [3.05, 3.63) is 131 Å². The number of aromatic hydroxyl groups is 2. The van der Waals surface area contributed by atoms with Crippen molar-refractivity contribution >= 4 is 21.8 Å². The quantitative estimate of drug-likeness (QED) is 0.252. The molecule has 0 saturated heterocycles. The molecule has 0 amide bonds. The van der Waals surface area contributed by atoms with Crippen LogP contribution in [-0.2, 0) is 11.8 Å². The molecule has 4 heteroatoms. The molecule has 2 heterocycles. The fourth-order valence-electron chi connectivity index (χ4n) is 6.08. The predicted octanol–water partition coefficient (Wildman–Crippen LogP) is 6.35. The van der Waals surface area contributed by atoms with E-state index in [9.17, 15) is 10.2 Å². The molecule has 6 aromatic rings. The summed E-state index contributed by atoms with van der Waals surface area (Å²) in [4.78, 5) is 6.81. The highest BCUT2D eigenvalue weighted by molar-refractivity contribution is 5.97. The van der Waals surface area contributed by atoms with Crippen LogP contribution in [0.5, 0.6) is 11.5 Å². The molecular formula is C30H22N2O2. The number of phenols is 2. The lowest BCUT2D eigenvalue weighted by atomic mass is 9.59. The summed E-state index contributed by atoms with van der Waals surface area (Å²) in [6.45, 7) is 0. The molecule has 164 valence electrons. The summed E-state index contributed by atoms with van der Waals surface area (Å²) >= 11 is 0. The standard InChI is InChI=1S/C30H22N2O2/c33-26-13-5-11-24-28(26)22(16-31-24)30(23-17-32-25-12-6-14-27(34)29(23)25)20-9-3-1-7-18(20)15-19-8-2-4-10-21(19)30/h1-14,16-17,31-34H,15H2. The van der Waals surface area contributed by atoms with Gasteiger partial charge in [-0.1, -0.05) is 60.7 Å². The SMILES string of the molecule is Oc1cccc2[nH]cc(C3(c4c[nH]c5cccc(O)c45)c4ccccc4Cc4ccccc43)c12. The molecule has 1 aliphatic carbocycles. The minimum atomic E-state index is -0.750. The van der Waals surface area contributed by atoms with Crippen molar-refractivity contribution in [3.8, 4) is 11.5 Å². The second kappa shape index (κ2) is 6.78. The highest BCUT2D eigenvalue weighted by Gasteiger charge is 2.47. The Morgan fingerprint density at radius 2 is 1.00 bits per heavy atom. The zero-order valence-electron chi connectivity index (χ0n) is 18.3. The Kier molecular flexibility index (Phi) is 3.80. The van der Waals surface area contributed by atoms with E-state index in [-0.39, 0.29) is 11.5 Å². The van der Waals surface area contributed by atoms with E-state index in [1.807, 2.05) is 36.7 Å². The van der Waals surface area contributed by atoms with Gasteiger partial charge in [0.1, 0.15) is 11.5 Å².